The van der Waals surface area contributed by atoms with Gasteiger partial charge in [-0.25, -0.2) is 4.39 Å². The summed E-state index contributed by atoms with van der Waals surface area (Å²) in [6.45, 7) is 3.60. The van der Waals surface area contributed by atoms with Crippen LogP contribution in [0.2, 0.25) is 5.02 Å². The van der Waals surface area contributed by atoms with Gasteiger partial charge < -0.3 is 9.84 Å². The molecule has 5 nitrogen and oxygen atoms in total. The summed E-state index contributed by atoms with van der Waals surface area (Å²) in [4.78, 5) is 27.6. The first-order chi connectivity index (χ1) is 15.7. The average Bonchev–Trinajstić information content (AvgIpc) is 3.06. The average molecular weight is 466 g/mol. The summed E-state index contributed by atoms with van der Waals surface area (Å²) >= 11 is 6.00. The second-order valence-electron chi connectivity index (χ2n) is 7.83. The molecule has 1 atom stereocenters. The predicted molar refractivity (Wildman–Crippen MR) is 125 cm³/mol. The number of hydrogen-bond donors (Lipinski definition) is 1. The number of ether oxygens (including phenoxy) is 1. The maximum atomic E-state index is 13.6. The van der Waals surface area contributed by atoms with Crippen molar-refractivity contribution in [3.63, 3.8) is 0 Å². The lowest BCUT2D eigenvalue weighted by Crippen LogP contribution is -2.29. The quantitative estimate of drug-likeness (QED) is 0.303. The minimum absolute atomic E-state index is 0.0748. The molecule has 1 unspecified atom stereocenters. The maximum Gasteiger partial charge on any atom is 0.300 e. The molecule has 3 aromatic carbocycles. The summed E-state index contributed by atoms with van der Waals surface area (Å²) < 4.78 is 19.0. The molecule has 168 valence electrons. The first kappa shape index (κ1) is 22.6. The molecule has 0 radical (unpaired) electrons. The molecule has 7 heteroatoms. The highest BCUT2D eigenvalue weighted by molar-refractivity contribution is 6.51. The van der Waals surface area contributed by atoms with Gasteiger partial charge >= 0.3 is 0 Å². The van der Waals surface area contributed by atoms with Crippen LogP contribution >= 0.6 is 11.6 Å². The van der Waals surface area contributed by atoms with Crippen molar-refractivity contribution in [3.05, 3.63) is 99.3 Å². The molecule has 0 aromatic heterocycles. The van der Waals surface area contributed by atoms with Gasteiger partial charge in [-0.3, -0.25) is 14.5 Å². The fourth-order valence-electron chi connectivity index (χ4n) is 4.07. The zero-order valence-corrected chi connectivity index (χ0v) is 19.0. The lowest BCUT2D eigenvalue weighted by atomic mass is 9.93. The number of hydrogen-bond acceptors (Lipinski definition) is 4. The normalized spacial score (nSPS) is 17.5. The van der Waals surface area contributed by atoms with Crippen LogP contribution in [-0.4, -0.2) is 23.9 Å². The molecule has 0 spiro atoms. The summed E-state index contributed by atoms with van der Waals surface area (Å²) in [6.07, 6.45) is 0. The fraction of sp³-hybridized carbons (Fsp3) is 0.154. The Bertz CT molecular complexity index is 1280. The molecule has 1 aliphatic heterocycles. The van der Waals surface area contributed by atoms with Gasteiger partial charge in [0, 0.05) is 16.3 Å². The molecular formula is C26H21ClFNO4. The van der Waals surface area contributed by atoms with Crippen molar-refractivity contribution in [1.82, 2.24) is 0 Å². The minimum atomic E-state index is -0.950. The Balaban J connectivity index is 1.96. The third kappa shape index (κ3) is 3.98. The number of carbonyl (C=O) groups is 2. The Morgan fingerprint density at radius 1 is 1.00 bits per heavy atom. The highest BCUT2D eigenvalue weighted by atomic mass is 35.5. The van der Waals surface area contributed by atoms with Crippen LogP contribution in [-0.2, 0) is 9.59 Å². The third-order valence-corrected chi connectivity index (χ3v) is 5.98. The monoisotopic (exact) mass is 465 g/mol. The maximum absolute atomic E-state index is 13.6. The number of amides is 1. The van der Waals surface area contributed by atoms with E-state index in [4.69, 9.17) is 16.3 Å². The number of aliphatic hydroxyl groups is 1. The molecule has 0 bridgehead atoms. The second-order valence-corrected chi connectivity index (χ2v) is 8.27. The van der Waals surface area contributed by atoms with Crippen molar-refractivity contribution < 1.29 is 23.8 Å². The van der Waals surface area contributed by atoms with Gasteiger partial charge in [0.15, 0.2) is 0 Å². The molecule has 3 aromatic rings. The minimum Gasteiger partial charge on any atom is -0.507 e. The van der Waals surface area contributed by atoms with E-state index in [1.807, 2.05) is 6.92 Å². The van der Waals surface area contributed by atoms with E-state index in [9.17, 15) is 19.1 Å². The van der Waals surface area contributed by atoms with Gasteiger partial charge in [0.25, 0.3) is 11.7 Å². The van der Waals surface area contributed by atoms with Crippen molar-refractivity contribution in [2.75, 3.05) is 12.0 Å². The summed E-state index contributed by atoms with van der Waals surface area (Å²) in [6, 6.07) is 14.5. The van der Waals surface area contributed by atoms with E-state index in [1.165, 1.54) is 29.2 Å². The van der Waals surface area contributed by atoms with Crippen LogP contribution in [0.4, 0.5) is 10.1 Å². The van der Waals surface area contributed by atoms with Crippen LogP contribution < -0.4 is 9.64 Å². The summed E-state index contributed by atoms with van der Waals surface area (Å²) in [5.74, 6) is -1.74. The number of anilines is 1. The summed E-state index contributed by atoms with van der Waals surface area (Å²) in [5.41, 5.74) is 2.68. The number of benzene rings is 3. The Hall–Kier alpha value is -3.64. The largest absolute Gasteiger partial charge is 0.507 e. The number of Topliss-reactive ketones (excluding diaryl/α,β-unsaturated/α-hetero) is 1. The molecule has 33 heavy (non-hydrogen) atoms. The Morgan fingerprint density at radius 3 is 2.24 bits per heavy atom. The van der Waals surface area contributed by atoms with Gasteiger partial charge in [-0.15, -0.1) is 0 Å². The summed E-state index contributed by atoms with van der Waals surface area (Å²) in [7, 11) is 1.55. The Labute approximate surface area is 195 Å². The van der Waals surface area contributed by atoms with Gasteiger partial charge in [-0.2, -0.15) is 0 Å². The van der Waals surface area contributed by atoms with E-state index in [0.717, 1.165) is 5.56 Å². The van der Waals surface area contributed by atoms with Crippen LogP contribution in [0.3, 0.4) is 0 Å². The third-order valence-electron chi connectivity index (χ3n) is 5.73. The summed E-state index contributed by atoms with van der Waals surface area (Å²) in [5, 5.41) is 11.8. The van der Waals surface area contributed by atoms with E-state index in [-0.39, 0.29) is 11.3 Å². The van der Waals surface area contributed by atoms with Crippen molar-refractivity contribution in [3.8, 4) is 5.75 Å². The van der Waals surface area contributed by atoms with Gasteiger partial charge in [0.05, 0.1) is 18.7 Å². The lowest BCUT2D eigenvalue weighted by Gasteiger charge is -2.25. The molecule has 4 rings (SSSR count). The van der Waals surface area contributed by atoms with Crippen LogP contribution in [0.1, 0.15) is 28.3 Å². The Morgan fingerprint density at radius 2 is 1.64 bits per heavy atom. The van der Waals surface area contributed by atoms with Crippen molar-refractivity contribution >= 4 is 34.7 Å². The number of nitrogens with zero attached hydrogens (tertiary/aromatic N) is 1. The van der Waals surface area contributed by atoms with Gasteiger partial charge in [0.1, 0.15) is 17.3 Å². The number of aryl methyl sites for hydroxylation is 2. The lowest BCUT2D eigenvalue weighted by molar-refractivity contribution is -0.132. The molecule has 0 saturated carbocycles. The standard InChI is InChI=1S/C26H21ClFNO4/c1-14-13-21(33-3)15(2)12-20(14)24(30)22-23(16-4-8-18(28)9-5-16)29(26(32)25(22)31)19-10-6-17(27)7-11-19/h4-13,23,30H,1-3H3/b24-22+. The first-order valence-electron chi connectivity index (χ1n) is 10.2. The number of rotatable bonds is 4. The molecule has 1 saturated heterocycles. The van der Waals surface area contributed by atoms with E-state index >= 15 is 0 Å². The molecule has 0 aliphatic carbocycles. The highest BCUT2D eigenvalue weighted by Gasteiger charge is 2.47. The van der Waals surface area contributed by atoms with Gasteiger partial charge in [0.2, 0.25) is 0 Å². The SMILES string of the molecule is COc1cc(C)c(/C(O)=C2\C(=O)C(=O)N(c3ccc(Cl)cc3)C2c2ccc(F)cc2)cc1C. The van der Waals surface area contributed by atoms with Crippen LogP contribution in [0.5, 0.6) is 5.75 Å². The number of aliphatic hydroxyl groups excluding tert-OH is 1. The fourth-order valence-corrected chi connectivity index (χ4v) is 4.20. The van der Waals surface area contributed by atoms with E-state index < -0.39 is 23.5 Å². The van der Waals surface area contributed by atoms with Gasteiger partial charge in [-0.05, 0) is 79.1 Å². The molecule has 1 fully saturated rings. The van der Waals surface area contributed by atoms with Crippen molar-refractivity contribution in [2.45, 2.75) is 19.9 Å². The van der Waals surface area contributed by atoms with E-state index in [0.29, 0.717) is 33.1 Å². The van der Waals surface area contributed by atoms with Crippen LogP contribution in [0.25, 0.3) is 5.76 Å². The Kier molecular flexibility index (Phi) is 5.95. The molecular weight excluding hydrogens is 445 g/mol. The second kappa shape index (κ2) is 8.71. The topological polar surface area (TPSA) is 66.8 Å². The number of ketones is 1. The first-order valence-corrected chi connectivity index (χ1v) is 10.6. The number of methoxy groups -OCH3 is 1. The molecule has 1 amide bonds. The van der Waals surface area contributed by atoms with Crippen molar-refractivity contribution in [1.29, 1.82) is 0 Å². The molecule has 1 heterocycles. The van der Waals surface area contributed by atoms with Crippen LogP contribution in [0, 0.1) is 19.7 Å². The van der Waals surface area contributed by atoms with Gasteiger partial charge in [-0.1, -0.05) is 23.7 Å². The predicted octanol–water partition coefficient (Wildman–Crippen LogP) is 5.73. The molecule has 1 aliphatic rings. The smallest absolute Gasteiger partial charge is 0.300 e. The van der Waals surface area contributed by atoms with Crippen molar-refractivity contribution in [2.24, 2.45) is 0 Å². The van der Waals surface area contributed by atoms with Crippen LogP contribution in [0.15, 0.2) is 66.2 Å². The zero-order valence-electron chi connectivity index (χ0n) is 18.2. The molecule has 1 N–H and O–H groups in total. The zero-order chi connectivity index (χ0) is 23.9. The van der Waals surface area contributed by atoms with E-state index in [2.05, 4.69) is 0 Å². The van der Waals surface area contributed by atoms with E-state index in [1.54, 1.807) is 50.4 Å². The number of halogens is 2. The highest BCUT2D eigenvalue weighted by Crippen LogP contribution is 2.43. The number of carbonyl (C=O) groups excluding carboxylic acids is 2.